The number of carbonyl (C=O) groups excluding carboxylic acids is 1. The zero-order valence-corrected chi connectivity index (χ0v) is 14.8. The molecule has 5 nitrogen and oxygen atoms in total. The molecule has 1 unspecified atom stereocenters. The van der Waals surface area contributed by atoms with Crippen molar-refractivity contribution in [2.24, 2.45) is 0 Å². The zero-order chi connectivity index (χ0) is 17.6. The Morgan fingerprint density at radius 1 is 1.32 bits per heavy atom. The van der Waals surface area contributed by atoms with Crippen molar-refractivity contribution in [1.29, 1.82) is 0 Å². The molecule has 0 spiro atoms. The molecule has 4 rings (SSSR count). The van der Waals surface area contributed by atoms with E-state index in [-0.39, 0.29) is 5.91 Å². The molecule has 25 heavy (non-hydrogen) atoms. The van der Waals surface area contributed by atoms with Crippen molar-refractivity contribution in [2.75, 3.05) is 19.4 Å². The smallest absolute Gasteiger partial charge is 0.259 e. The number of furan rings is 1. The van der Waals surface area contributed by atoms with Crippen LogP contribution in [0.4, 0.5) is 5.69 Å². The summed E-state index contributed by atoms with van der Waals surface area (Å²) in [4.78, 5) is 18.3. The fourth-order valence-corrected chi connectivity index (χ4v) is 3.74. The van der Waals surface area contributed by atoms with Crippen molar-refractivity contribution < 1.29 is 9.21 Å². The minimum Gasteiger partial charge on any atom is -0.469 e. The molecule has 0 saturated heterocycles. The van der Waals surface area contributed by atoms with Crippen molar-refractivity contribution in [3.05, 3.63) is 53.1 Å². The number of hydrogen-bond donors (Lipinski definition) is 2. The molecule has 2 N–H and O–H groups in total. The van der Waals surface area contributed by atoms with E-state index in [4.69, 9.17) is 4.42 Å². The molecule has 2 heterocycles. The van der Waals surface area contributed by atoms with Crippen LogP contribution in [0.3, 0.4) is 0 Å². The van der Waals surface area contributed by atoms with Gasteiger partial charge in [-0.25, -0.2) is 0 Å². The van der Waals surface area contributed by atoms with Gasteiger partial charge in [-0.15, -0.1) is 0 Å². The lowest BCUT2D eigenvalue weighted by Gasteiger charge is -2.28. The van der Waals surface area contributed by atoms with E-state index >= 15 is 0 Å². The summed E-state index contributed by atoms with van der Waals surface area (Å²) in [6, 6.07) is 8.34. The van der Waals surface area contributed by atoms with Gasteiger partial charge in [0.15, 0.2) is 0 Å². The second-order valence-electron chi connectivity index (χ2n) is 7.05. The number of benzene rings is 1. The molecule has 0 fully saturated rings. The van der Waals surface area contributed by atoms with Crippen molar-refractivity contribution >= 4 is 22.5 Å². The number of aromatic amines is 1. The third-order valence-electron chi connectivity index (χ3n) is 5.25. The van der Waals surface area contributed by atoms with E-state index in [2.05, 4.69) is 41.4 Å². The standard InChI is InChI=1S/C20H23N3O2/c1-12-15(8-9-25-12)20(24)21-13-4-6-18-16(10-13)17-11-14(23(2)3)5-7-19(17)22-18/h4,6,8-10,14,22H,5,7,11H2,1-3H3,(H,21,24). The fourth-order valence-electron chi connectivity index (χ4n) is 3.74. The summed E-state index contributed by atoms with van der Waals surface area (Å²) in [5, 5.41) is 4.20. The molecule has 0 saturated carbocycles. The average Bonchev–Trinajstić information content (AvgIpc) is 3.17. The summed E-state index contributed by atoms with van der Waals surface area (Å²) in [6.45, 7) is 1.79. The first-order valence-corrected chi connectivity index (χ1v) is 8.68. The largest absolute Gasteiger partial charge is 0.469 e. The summed E-state index contributed by atoms with van der Waals surface area (Å²) in [7, 11) is 4.28. The van der Waals surface area contributed by atoms with Crippen molar-refractivity contribution in [2.45, 2.75) is 32.2 Å². The highest BCUT2D eigenvalue weighted by atomic mass is 16.3. The number of H-pyrrole nitrogens is 1. The Morgan fingerprint density at radius 3 is 2.88 bits per heavy atom. The third kappa shape index (κ3) is 2.85. The highest BCUT2D eigenvalue weighted by Gasteiger charge is 2.24. The van der Waals surface area contributed by atoms with Crippen LogP contribution in [0.2, 0.25) is 0 Å². The second kappa shape index (κ2) is 6.08. The zero-order valence-electron chi connectivity index (χ0n) is 14.8. The molecule has 1 atom stereocenters. The Hall–Kier alpha value is -2.53. The summed E-state index contributed by atoms with van der Waals surface area (Å²) >= 11 is 0. The lowest BCUT2D eigenvalue weighted by atomic mass is 9.91. The summed E-state index contributed by atoms with van der Waals surface area (Å²) in [5.41, 5.74) is 5.25. The van der Waals surface area contributed by atoms with Crippen LogP contribution in [0.15, 0.2) is 34.9 Å². The predicted octanol–water partition coefficient (Wildman–Crippen LogP) is 3.74. The van der Waals surface area contributed by atoms with Gasteiger partial charge in [0.05, 0.1) is 11.8 Å². The number of rotatable bonds is 3. The van der Waals surface area contributed by atoms with Gasteiger partial charge in [0.1, 0.15) is 5.76 Å². The number of nitrogens with zero attached hydrogens (tertiary/aromatic N) is 1. The molecule has 1 aromatic carbocycles. The number of nitrogens with one attached hydrogen (secondary N) is 2. The van der Waals surface area contributed by atoms with Gasteiger partial charge in [0, 0.05) is 28.3 Å². The van der Waals surface area contributed by atoms with E-state index in [9.17, 15) is 4.79 Å². The van der Waals surface area contributed by atoms with Crippen LogP contribution in [0.5, 0.6) is 0 Å². The van der Waals surface area contributed by atoms with E-state index in [1.807, 2.05) is 6.07 Å². The SMILES string of the molecule is Cc1occc1C(=O)Nc1ccc2[nH]c3c(c2c1)CC(N(C)C)CC3. The molecule has 1 aliphatic carbocycles. The Bertz CT molecular complexity index is 936. The van der Waals surface area contributed by atoms with Crippen molar-refractivity contribution in [3.63, 3.8) is 0 Å². The van der Waals surface area contributed by atoms with Crippen LogP contribution in [0.25, 0.3) is 10.9 Å². The van der Waals surface area contributed by atoms with Crippen LogP contribution in [0, 0.1) is 6.92 Å². The molecule has 0 bridgehead atoms. The highest BCUT2D eigenvalue weighted by Crippen LogP contribution is 2.32. The molecule has 0 radical (unpaired) electrons. The van der Waals surface area contributed by atoms with Crippen LogP contribution in [0.1, 0.15) is 33.8 Å². The van der Waals surface area contributed by atoms with E-state index in [0.717, 1.165) is 24.0 Å². The van der Waals surface area contributed by atoms with E-state index in [1.54, 1.807) is 13.0 Å². The molecular weight excluding hydrogens is 314 g/mol. The van der Waals surface area contributed by atoms with E-state index < -0.39 is 0 Å². The second-order valence-corrected chi connectivity index (χ2v) is 7.05. The Balaban J connectivity index is 1.65. The first kappa shape index (κ1) is 16.0. The molecule has 3 aromatic rings. The van der Waals surface area contributed by atoms with Crippen LogP contribution in [-0.2, 0) is 12.8 Å². The molecule has 0 aliphatic heterocycles. The van der Waals surface area contributed by atoms with Crippen molar-refractivity contribution in [3.8, 4) is 0 Å². The summed E-state index contributed by atoms with van der Waals surface area (Å²) < 4.78 is 5.22. The van der Waals surface area contributed by atoms with Gasteiger partial charge >= 0.3 is 0 Å². The molecule has 1 amide bonds. The van der Waals surface area contributed by atoms with Crippen LogP contribution >= 0.6 is 0 Å². The summed E-state index contributed by atoms with van der Waals surface area (Å²) in [6.07, 6.45) is 4.83. The Labute approximate surface area is 147 Å². The number of hydrogen-bond acceptors (Lipinski definition) is 3. The Kier molecular flexibility index (Phi) is 3.88. The van der Waals surface area contributed by atoms with Gasteiger partial charge in [-0.2, -0.15) is 0 Å². The number of amides is 1. The number of fused-ring (bicyclic) bond motifs is 3. The van der Waals surface area contributed by atoms with Gasteiger partial charge in [-0.3, -0.25) is 4.79 Å². The number of likely N-dealkylation sites (N-methyl/N-ethyl adjacent to an activating group) is 1. The average molecular weight is 337 g/mol. The van der Waals surface area contributed by atoms with Crippen LogP contribution < -0.4 is 5.32 Å². The first-order chi connectivity index (χ1) is 12.0. The van der Waals surface area contributed by atoms with Crippen molar-refractivity contribution in [1.82, 2.24) is 9.88 Å². The van der Waals surface area contributed by atoms with Crippen LogP contribution in [-0.4, -0.2) is 35.9 Å². The topological polar surface area (TPSA) is 61.3 Å². The number of aryl methyl sites for hydroxylation is 2. The molecule has 130 valence electrons. The van der Waals surface area contributed by atoms with E-state index in [0.29, 0.717) is 17.4 Å². The Morgan fingerprint density at radius 2 is 2.16 bits per heavy atom. The third-order valence-corrected chi connectivity index (χ3v) is 5.25. The maximum atomic E-state index is 12.4. The van der Waals surface area contributed by atoms with Gasteiger partial charge in [0.25, 0.3) is 5.91 Å². The predicted molar refractivity (Wildman–Crippen MR) is 99.2 cm³/mol. The normalized spacial score (nSPS) is 17.0. The van der Waals surface area contributed by atoms with Gasteiger partial charge in [-0.05, 0) is 70.1 Å². The minimum atomic E-state index is -0.138. The monoisotopic (exact) mass is 337 g/mol. The molecule has 5 heteroatoms. The minimum absolute atomic E-state index is 0.138. The van der Waals surface area contributed by atoms with Gasteiger partial charge in [-0.1, -0.05) is 0 Å². The molecule has 1 aliphatic rings. The maximum Gasteiger partial charge on any atom is 0.259 e. The quantitative estimate of drug-likeness (QED) is 0.765. The summed E-state index contributed by atoms with van der Waals surface area (Å²) in [5.74, 6) is 0.493. The fraction of sp³-hybridized carbons (Fsp3) is 0.350. The first-order valence-electron chi connectivity index (χ1n) is 8.68. The molecule has 2 aromatic heterocycles. The molecular formula is C20H23N3O2. The maximum absolute atomic E-state index is 12.4. The highest BCUT2D eigenvalue weighted by molar-refractivity contribution is 6.05. The number of carbonyl (C=O) groups is 1. The van der Waals surface area contributed by atoms with Gasteiger partial charge in [0.2, 0.25) is 0 Å². The number of anilines is 1. The lowest BCUT2D eigenvalue weighted by molar-refractivity contribution is 0.102. The van der Waals surface area contributed by atoms with E-state index in [1.165, 1.54) is 29.3 Å². The number of aromatic nitrogens is 1. The lowest BCUT2D eigenvalue weighted by Crippen LogP contribution is -2.33. The van der Waals surface area contributed by atoms with Gasteiger partial charge < -0.3 is 19.6 Å².